The molecule has 0 aromatic carbocycles. The summed E-state index contributed by atoms with van der Waals surface area (Å²) in [7, 11) is 0. The van der Waals surface area contributed by atoms with Crippen LogP contribution in [-0.2, 0) is 17.8 Å². The van der Waals surface area contributed by atoms with Gasteiger partial charge in [-0.25, -0.2) is 4.98 Å². The highest BCUT2D eigenvalue weighted by Gasteiger charge is 2.19. The summed E-state index contributed by atoms with van der Waals surface area (Å²) in [5.41, 5.74) is 1.79. The van der Waals surface area contributed by atoms with E-state index >= 15 is 0 Å². The predicted molar refractivity (Wildman–Crippen MR) is 37.9 cm³/mol. The molecule has 1 aromatic rings. The number of carbonyl (C=O) groups is 1. The maximum Gasteiger partial charge on any atom is 0.0925 e. The number of carbonyl (C=O) groups excluding carboxylic acids is 1. The van der Waals surface area contributed by atoms with Crippen LogP contribution in [-0.4, -0.2) is 22.0 Å². The molecule has 0 amide bonds. The lowest BCUT2D eigenvalue weighted by Crippen LogP contribution is -2.48. The molecule has 0 bridgehead atoms. The Labute approximate surface area is 68.8 Å². The summed E-state index contributed by atoms with van der Waals surface area (Å²) in [6.07, 6.45) is 1.98. The summed E-state index contributed by atoms with van der Waals surface area (Å²) in [5, 5.41) is 13.3. The molecule has 0 fully saturated rings. The molecule has 5 heteroatoms. The highest BCUT2D eigenvalue weighted by atomic mass is 16.4. The minimum absolute atomic E-state index is 0.404. The normalized spacial score (nSPS) is 21.8. The van der Waals surface area contributed by atoms with E-state index in [-0.39, 0.29) is 0 Å². The standard InChI is InChI=1S/C7H9N3O2/c11-7(12)5-1-4-6(2-8-5)10-3-9-4/h3,5,8H,1-2H2,(H,9,10)(H,11,12)/p-1/t5-/m1/s1. The van der Waals surface area contributed by atoms with E-state index in [0.29, 0.717) is 13.0 Å². The van der Waals surface area contributed by atoms with Crippen molar-refractivity contribution in [3.8, 4) is 0 Å². The molecule has 2 N–H and O–H groups in total. The van der Waals surface area contributed by atoms with Gasteiger partial charge < -0.3 is 20.2 Å². The topological polar surface area (TPSA) is 80.8 Å². The molecule has 5 nitrogen and oxygen atoms in total. The van der Waals surface area contributed by atoms with Crippen molar-refractivity contribution in [2.75, 3.05) is 0 Å². The lowest BCUT2D eigenvalue weighted by Gasteiger charge is -2.23. The van der Waals surface area contributed by atoms with Crippen LogP contribution in [0.2, 0.25) is 0 Å². The van der Waals surface area contributed by atoms with Gasteiger partial charge in [-0.2, -0.15) is 0 Å². The van der Waals surface area contributed by atoms with Crippen molar-refractivity contribution >= 4 is 5.97 Å². The summed E-state index contributed by atoms with van der Waals surface area (Å²) in [4.78, 5) is 17.4. The van der Waals surface area contributed by atoms with E-state index in [1.807, 2.05) is 0 Å². The predicted octanol–water partition coefficient (Wildman–Crippen LogP) is -1.83. The zero-order valence-electron chi connectivity index (χ0n) is 6.33. The third-order valence-corrected chi connectivity index (χ3v) is 2.01. The van der Waals surface area contributed by atoms with E-state index in [0.717, 1.165) is 11.4 Å². The number of aliphatic carboxylic acids is 1. The number of hydrogen-bond acceptors (Lipinski definition) is 4. The molecule has 0 unspecified atom stereocenters. The fraction of sp³-hybridized carbons (Fsp3) is 0.429. The van der Waals surface area contributed by atoms with Gasteiger partial charge in [0, 0.05) is 13.0 Å². The highest BCUT2D eigenvalue weighted by molar-refractivity contribution is 5.72. The second kappa shape index (κ2) is 2.60. The van der Waals surface area contributed by atoms with Crippen molar-refractivity contribution in [1.82, 2.24) is 15.3 Å². The number of H-pyrrole nitrogens is 1. The zero-order chi connectivity index (χ0) is 8.55. The Morgan fingerprint density at radius 3 is 3.33 bits per heavy atom. The van der Waals surface area contributed by atoms with Crippen molar-refractivity contribution in [2.45, 2.75) is 19.0 Å². The number of aromatic nitrogens is 2. The Hall–Kier alpha value is -1.36. The van der Waals surface area contributed by atoms with Crippen molar-refractivity contribution < 1.29 is 9.90 Å². The SMILES string of the molecule is O=C([O-])[C@H]1Cc2nc[nH]c2CN1. The first-order valence-electron chi connectivity index (χ1n) is 3.72. The van der Waals surface area contributed by atoms with Gasteiger partial charge in [0.1, 0.15) is 0 Å². The van der Waals surface area contributed by atoms with Gasteiger partial charge in [-0.3, -0.25) is 0 Å². The summed E-state index contributed by atoms with van der Waals surface area (Å²) in [5.74, 6) is -1.07. The lowest BCUT2D eigenvalue weighted by molar-refractivity contribution is -0.308. The van der Waals surface area contributed by atoms with Crippen LogP contribution in [0, 0.1) is 0 Å². The van der Waals surface area contributed by atoms with E-state index in [1.54, 1.807) is 6.33 Å². The van der Waals surface area contributed by atoms with Gasteiger partial charge >= 0.3 is 0 Å². The molecule has 2 rings (SSSR count). The van der Waals surface area contributed by atoms with Gasteiger partial charge in [-0.1, -0.05) is 0 Å². The minimum atomic E-state index is -1.07. The highest BCUT2D eigenvalue weighted by Crippen LogP contribution is 2.11. The number of aromatic amines is 1. The second-order valence-corrected chi connectivity index (χ2v) is 2.78. The lowest BCUT2D eigenvalue weighted by atomic mass is 10.1. The number of carboxylic acid groups (broad SMARTS) is 1. The average Bonchev–Trinajstić information content (AvgIpc) is 2.49. The van der Waals surface area contributed by atoms with Crippen LogP contribution < -0.4 is 10.4 Å². The molecule has 2 heterocycles. The number of nitrogens with zero attached hydrogens (tertiary/aromatic N) is 1. The molecule has 12 heavy (non-hydrogen) atoms. The first kappa shape index (κ1) is 7.30. The van der Waals surface area contributed by atoms with Gasteiger partial charge in [0.2, 0.25) is 0 Å². The minimum Gasteiger partial charge on any atom is -0.548 e. The zero-order valence-corrected chi connectivity index (χ0v) is 6.33. The number of fused-ring (bicyclic) bond motifs is 1. The molecular formula is C7H8N3O2-. The number of nitrogens with one attached hydrogen (secondary N) is 2. The molecule has 1 aromatic heterocycles. The van der Waals surface area contributed by atoms with Crippen molar-refractivity contribution in [3.63, 3.8) is 0 Å². The maximum atomic E-state index is 10.5. The van der Waals surface area contributed by atoms with Crippen molar-refractivity contribution in [3.05, 3.63) is 17.7 Å². The van der Waals surface area contributed by atoms with Crippen LogP contribution in [0.1, 0.15) is 11.4 Å². The third kappa shape index (κ3) is 1.08. The van der Waals surface area contributed by atoms with Gasteiger partial charge in [0.15, 0.2) is 0 Å². The van der Waals surface area contributed by atoms with E-state index < -0.39 is 12.0 Å². The van der Waals surface area contributed by atoms with Gasteiger partial charge in [0.05, 0.1) is 29.7 Å². The molecule has 1 aliphatic heterocycles. The van der Waals surface area contributed by atoms with E-state index in [2.05, 4.69) is 15.3 Å². The van der Waals surface area contributed by atoms with Crippen LogP contribution >= 0.6 is 0 Å². The molecule has 0 saturated heterocycles. The van der Waals surface area contributed by atoms with Gasteiger partial charge in [-0.15, -0.1) is 0 Å². The largest absolute Gasteiger partial charge is 0.548 e. The van der Waals surface area contributed by atoms with E-state index in [1.165, 1.54) is 0 Å². The monoisotopic (exact) mass is 166 g/mol. The molecule has 0 radical (unpaired) electrons. The molecule has 64 valence electrons. The summed E-state index contributed by atoms with van der Waals surface area (Å²) in [6, 6.07) is -0.596. The molecule has 0 saturated carbocycles. The number of carboxylic acids is 1. The van der Waals surface area contributed by atoms with Crippen LogP contribution in [0.3, 0.4) is 0 Å². The van der Waals surface area contributed by atoms with Crippen LogP contribution in [0.4, 0.5) is 0 Å². The van der Waals surface area contributed by atoms with E-state index in [4.69, 9.17) is 0 Å². The summed E-state index contributed by atoms with van der Waals surface area (Å²) < 4.78 is 0. The molecule has 1 aliphatic rings. The molecule has 0 spiro atoms. The number of rotatable bonds is 1. The van der Waals surface area contributed by atoms with Crippen LogP contribution in [0.25, 0.3) is 0 Å². The Bertz CT molecular complexity index is 307. The molecule has 0 aliphatic carbocycles. The third-order valence-electron chi connectivity index (χ3n) is 2.01. The van der Waals surface area contributed by atoms with Gasteiger partial charge in [0.25, 0.3) is 0 Å². The Kier molecular flexibility index (Phi) is 1.58. The Balaban J connectivity index is 2.20. The second-order valence-electron chi connectivity index (χ2n) is 2.78. The Morgan fingerprint density at radius 2 is 2.58 bits per heavy atom. The van der Waals surface area contributed by atoms with Crippen LogP contribution in [0.15, 0.2) is 6.33 Å². The first-order valence-corrected chi connectivity index (χ1v) is 3.72. The molecule has 1 atom stereocenters. The van der Waals surface area contributed by atoms with Crippen molar-refractivity contribution in [1.29, 1.82) is 0 Å². The summed E-state index contributed by atoms with van der Waals surface area (Å²) in [6.45, 7) is 0.522. The fourth-order valence-electron chi connectivity index (χ4n) is 1.34. The number of imidazole rings is 1. The van der Waals surface area contributed by atoms with E-state index in [9.17, 15) is 9.90 Å². The fourth-order valence-corrected chi connectivity index (χ4v) is 1.34. The maximum absolute atomic E-state index is 10.5. The first-order chi connectivity index (χ1) is 5.77. The number of hydrogen-bond donors (Lipinski definition) is 2. The summed E-state index contributed by atoms with van der Waals surface area (Å²) >= 11 is 0. The molecular weight excluding hydrogens is 158 g/mol. The van der Waals surface area contributed by atoms with Crippen LogP contribution in [0.5, 0.6) is 0 Å². The Morgan fingerprint density at radius 1 is 1.75 bits per heavy atom. The van der Waals surface area contributed by atoms with Crippen molar-refractivity contribution in [2.24, 2.45) is 0 Å². The average molecular weight is 166 g/mol. The quantitative estimate of drug-likeness (QED) is 0.514. The van der Waals surface area contributed by atoms with Gasteiger partial charge in [-0.05, 0) is 0 Å². The smallest absolute Gasteiger partial charge is 0.0925 e.